The third-order valence-electron chi connectivity index (χ3n) is 11.1. The van der Waals surface area contributed by atoms with Gasteiger partial charge in [0.15, 0.2) is 7.14 Å². The minimum Gasteiger partial charge on any atom is -0.309 e. The zero-order valence-corrected chi connectivity index (χ0v) is 28.7. The molecule has 0 aliphatic heterocycles. The van der Waals surface area contributed by atoms with E-state index in [1.807, 2.05) is 11.3 Å². The van der Waals surface area contributed by atoms with Crippen molar-refractivity contribution in [3.8, 4) is 22.3 Å². The van der Waals surface area contributed by atoms with Crippen molar-refractivity contribution in [1.29, 1.82) is 0 Å². The van der Waals surface area contributed by atoms with Gasteiger partial charge in [0.05, 0.1) is 5.41 Å². The Kier molecular flexibility index (Phi) is 5.80. The van der Waals surface area contributed by atoms with E-state index in [2.05, 4.69) is 176 Å². The Morgan fingerprint density at radius 2 is 0.900 bits per heavy atom. The molecule has 1 heterocycles. The Labute approximate surface area is 294 Å². The number of hydrogen-bond acceptors (Lipinski definition) is 2. The van der Waals surface area contributed by atoms with Crippen LogP contribution < -0.4 is 15.9 Å². The maximum Gasteiger partial charge on any atom is 0.172 e. The quantitative estimate of drug-likeness (QED) is 0.171. The number of hydrogen-bond donors (Lipinski definition) is 0. The molecule has 1 aromatic heterocycles. The molecule has 0 radical (unpaired) electrons. The maximum atomic E-state index is 17.3. The topological polar surface area (TPSA) is 17.1 Å². The first kappa shape index (κ1) is 28.3. The van der Waals surface area contributed by atoms with Gasteiger partial charge in [-0.3, -0.25) is 0 Å². The van der Waals surface area contributed by atoms with Gasteiger partial charge < -0.3 is 4.57 Å². The molecule has 1 atom stereocenters. The van der Waals surface area contributed by atoms with Crippen molar-refractivity contribution < 1.29 is 4.57 Å². The predicted molar refractivity (Wildman–Crippen MR) is 213 cm³/mol. The van der Waals surface area contributed by atoms with Crippen molar-refractivity contribution in [1.82, 2.24) is 0 Å². The van der Waals surface area contributed by atoms with Gasteiger partial charge in [-0.2, -0.15) is 0 Å². The lowest BCUT2D eigenvalue weighted by Gasteiger charge is -2.33. The highest BCUT2D eigenvalue weighted by molar-refractivity contribution is 7.86. The Morgan fingerprint density at radius 3 is 1.60 bits per heavy atom. The Bertz CT molecular complexity index is 2840. The number of thiophene rings is 1. The molecule has 0 saturated heterocycles. The number of rotatable bonds is 3. The molecule has 0 amide bonds. The molecule has 2 aliphatic rings. The summed E-state index contributed by atoms with van der Waals surface area (Å²) in [5, 5.41) is 8.21. The molecule has 0 N–H and O–H groups in total. The predicted octanol–water partition coefficient (Wildman–Crippen LogP) is 11.2. The van der Waals surface area contributed by atoms with Crippen LogP contribution in [0.2, 0.25) is 0 Å². The fraction of sp³-hybridized carbons (Fsp3) is 0.0213. The first-order valence-electron chi connectivity index (χ1n) is 17.1. The molecular weight excluding hydrogens is 644 g/mol. The van der Waals surface area contributed by atoms with Crippen LogP contribution in [0.25, 0.3) is 53.9 Å². The lowest BCUT2D eigenvalue weighted by Crippen LogP contribution is -2.35. The second kappa shape index (κ2) is 10.2. The van der Waals surface area contributed by atoms with Gasteiger partial charge >= 0.3 is 0 Å². The molecule has 9 aromatic rings. The van der Waals surface area contributed by atoms with Gasteiger partial charge in [0.25, 0.3) is 0 Å². The van der Waals surface area contributed by atoms with Crippen molar-refractivity contribution in [2.45, 2.75) is 5.41 Å². The van der Waals surface area contributed by atoms with E-state index < -0.39 is 12.6 Å². The van der Waals surface area contributed by atoms with E-state index >= 15 is 4.57 Å². The number of fused-ring (bicyclic) bond motifs is 14. The third kappa shape index (κ3) is 3.45. The first-order chi connectivity index (χ1) is 24.7. The average molecular weight is 673 g/mol. The monoisotopic (exact) mass is 672 g/mol. The lowest BCUT2D eigenvalue weighted by atomic mass is 9.74. The summed E-state index contributed by atoms with van der Waals surface area (Å²) in [6, 6.07) is 62.8. The minimum atomic E-state index is -3.57. The van der Waals surface area contributed by atoms with Crippen LogP contribution in [0.5, 0.6) is 0 Å². The van der Waals surface area contributed by atoms with Crippen LogP contribution in [-0.4, -0.2) is 0 Å². The van der Waals surface area contributed by atoms with Crippen molar-refractivity contribution >= 4 is 66.0 Å². The van der Waals surface area contributed by atoms with Crippen molar-refractivity contribution in [3.05, 3.63) is 197 Å². The molecule has 1 spiro atoms. The largest absolute Gasteiger partial charge is 0.309 e. The van der Waals surface area contributed by atoms with Gasteiger partial charge in [-0.15, -0.1) is 11.3 Å². The first-order valence-corrected chi connectivity index (χ1v) is 19.7. The third-order valence-corrected chi connectivity index (χ3v) is 15.6. The Hall–Kier alpha value is -5.53. The van der Waals surface area contributed by atoms with Crippen molar-refractivity contribution in [3.63, 3.8) is 0 Å². The summed E-state index contributed by atoms with van der Waals surface area (Å²) in [6.07, 6.45) is 0. The second-order valence-electron chi connectivity index (χ2n) is 13.4. The molecule has 11 rings (SSSR count). The Morgan fingerprint density at radius 1 is 0.420 bits per heavy atom. The highest BCUT2D eigenvalue weighted by atomic mass is 32.1. The molecule has 3 heteroatoms. The van der Waals surface area contributed by atoms with Gasteiger partial charge in [0, 0.05) is 36.4 Å². The summed E-state index contributed by atoms with van der Waals surface area (Å²) < 4.78 is 18.6. The van der Waals surface area contributed by atoms with Crippen molar-refractivity contribution in [2.75, 3.05) is 0 Å². The van der Waals surface area contributed by atoms with Crippen LogP contribution in [-0.2, 0) is 9.98 Å². The van der Waals surface area contributed by atoms with E-state index in [0.29, 0.717) is 0 Å². The summed E-state index contributed by atoms with van der Waals surface area (Å²) in [5.74, 6) is 0. The highest BCUT2D eigenvalue weighted by Crippen LogP contribution is 2.67. The van der Waals surface area contributed by atoms with Gasteiger partial charge in [0.1, 0.15) is 0 Å². The fourth-order valence-corrected chi connectivity index (χ4v) is 14.0. The number of benzene rings is 8. The zero-order valence-electron chi connectivity index (χ0n) is 27.0. The van der Waals surface area contributed by atoms with Crippen LogP contribution in [0.3, 0.4) is 0 Å². The summed E-state index contributed by atoms with van der Waals surface area (Å²) in [4.78, 5) is 1.32. The van der Waals surface area contributed by atoms with Crippen molar-refractivity contribution in [2.24, 2.45) is 0 Å². The molecule has 1 nitrogen and oxygen atoms in total. The second-order valence-corrected chi connectivity index (χ2v) is 17.2. The summed E-state index contributed by atoms with van der Waals surface area (Å²) in [7, 11) is -3.57. The maximum absolute atomic E-state index is 17.3. The SMILES string of the molecule is O=P(c1cccc2c1C1(c3ccccc3-2)c2ccccc2-c2c1sc1ccccc21)(c1cccc2ccccc12)c1cccc2ccccc12. The summed E-state index contributed by atoms with van der Waals surface area (Å²) >= 11 is 1.89. The standard InChI is InChI=1S/C47H29OPS/c48-49(40-26-11-16-30-14-1-3-18-32(30)40,41-27-12-17-31-15-2-4-19-33(31)41)42-28-13-23-35-34-20-5-8-24-38(34)47(45(35)42)39-25-9-6-21-36(39)44-37-22-7-10-29-43(37)50-46(44)47/h1-29H. The van der Waals surface area contributed by atoms with Crippen LogP contribution in [0, 0.1) is 0 Å². The zero-order chi connectivity index (χ0) is 33.0. The van der Waals surface area contributed by atoms with Gasteiger partial charge in [-0.1, -0.05) is 170 Å². The van der Waals surface area contributed by atoms with Crippen LogP contribution in [0.15, 0.2) is 176 Å². The Balaban J connectivity index is 1.36. The molecule has 50 heavy (non-hydrogen) atoms. The molecule has 8 aromatic carbocycles. The fourth-order valence-electron chi connectivity index (χ4n) is 9.20. The lowest BCUT2D eigenvalue weighted by molar-refractivity contribution is 0.592. The molecule has 0 bridgehead atoms. The van der Waals surface area contributed by atoms with Gasteiger partial charge in [-0.05, 0) is 61.0 Å². The van der Waals surface area contributed by atoms with E-state index in [-0.39, 0.29) is 0 Å². The molecule has 234 valence electrons. The van der Waals surface area contributed by atoms with Crippen LogP contribution in [0.4, 0.5) is 0 Å². The van der Waals surface area contributed by atoms with E-state index in [1.54, 1.807) is 0 Å². The minimum absolute atomic E-state index is 0.622. The van der Waals surface area contributed by atoms with Crippen LogP contribution >= 0.6 is 18.5 Å². The van der Waals surface area contributed by atoms with E-state index in [9.17, 15) is 0 Å². The molecular formula is C47H29OPS. The average Bonchev–Trinajstić information content (AvgIpc) is 3.81. The van der Waals surface area contributed by atoms with E-state index in [1.165, 1.54) is 48.3 Å². The molecule has 0 fully saturated rings. The van der Waals surface area contributed by atoms with Gasteiger partial charge in [0.2, 0.25) is 0 Å². The smallest absolute Gasteiger partial charge is 0.172 e. The molecule has 1 unspecified atom stereocenters. The van der Waals surface area contributed by atoms with E-state index in [4.69, 9.17) is 0 Å². The summed E-state index contributed by atoms with van der Waals surface area (Å²) in [6.45, 7) is 0. The van der Waals surface area contributed by atoms with Gasteiger partial charge in [-0.25, -0.2) is 0 Å². The normalized spacial score (nSPS) is 15.8. The molecule has 0 saturated carbocycles. The highest BCUT2D eigenvalue weighted by Gasteiger charge is 2.56. The van der Waals surface area contributed by atoms with E-state index in [0.717, 1.165) is 43.0 Å². The van der Waals surface area contributed by atoms with Crippen LogP contribution in [0.1, 0.15) is 21.6 Å². The summed E-state index contributed by atoms with van der Waals surface area (Å²) in [5.41, 5.74) is 8.03. The molecule has 2 aliphatic carbocycles.